The number of ether oxygens (including phenoxy) is 1. The van der Waals surface area contributed by atoms with Crippen LogP contribution in [0.2, 0.25) is 5.02 Å². The zero-order valence-electron chi connectivity index (χ0n) is 11.6. The van der Waals surface area contributed by atoms with Crippen LogP contribution in [0, 0.1) is 13.8 Å². The minimum atomic E-state index is -0.497. The second-order valence-electron chi connectivity index (χ2n) is 5.41. The fourth-order valence-electron chi connectivity index (χ4n) is 2.58. The number of aliphatic hydroxyl groups excluding tert-OH is 1. The summed E-state index contributed by atoms with van der Waals surface area (Å²) in [5.74, 6) is 0.760. The molecule has 104 valence electrons. The van der Waals surface area contributed by atoms with Gasteiger partial charge in [0, 0.05) is 17.0 Å². The van der Waals surface area contributed by atoms with Crippen molar-refractivity contribution in [3.63, 3.8) is 0 Å². The second kappa shape index (κ2) is 5.12. The van der Waals surface area contributed by atoms with Crippen molar-refractivity contribution in [2.45, 2.75) is 32.5 Å². The minimum Gasteiger partial charge on any atom is -0.485 e. The first kappa shape index (κ1) is 13.5. The van der Waals surface area contributed by atoms with Crippen LogP contribution in [0.25, 0.3) is 0 Å². The van der Waals surface area contributed by atoms with Crippen molar-refractivity contribution in [1.29, 1.82) is 0 Å². The Balaban J connectivity index is 1.94. The molecule has 0 fully saturated rings. The van der Waals surface area contributed by atoms with E-state index in [9.17, 15) is 5.11 Å². The highest BCUT2D eigenvalue weighted by Crippen LogP contribution is 2.41. The predicted octanol–water partition coefficient (Wildman–Crippen LogP) is 4.51. The molecule has 3 heteroatoms. The van der Waals surface area contributed by atoms with Crippen LogP contribution >= 0.6 is 11.6 Å². The maximum atomic E-state index is 10.3. The summed E-state index contributed by atoms with van der Waals surface area (Å²) in [5, 5.41) is 11.1. The highest BCUT2D eigenvalue weighted by atomic mass is 35.5. The molecule has 0 radical (unpaired) electrons. The molecule has 2 aromatic rings. The lowest BCUT2D eigenvalue weighted by Crippen LogP contribution is -2.19. The smallest absolute Gasteiger partial charge is 0.127 e. The van der Waals surface area contributed by atoms with Gasteiger partial charge in [-0.1, -0.05) is 35.4 Å². The first-order chi connectivity index (χ1) is 9.54. The molecule has 3 rings (SSSR count). The van der Waals surface area contributed by atoms with E-state index in [1.807, 2.05) is 50.2 Å². The van der Waals surface area contributed by atoms with Crippen LogP contribution < -0.4 is 4.74 Å². The summed E-state index contributed by atoms with van der Waals surface area (Å²) >= 11 is 6.17. The molecule has 0 spiro atoms. The summed E-state index contributed by atoms with van der Waals surface area (Å²) in [5.41, 5.74) is 4.05. The number of halogens is 1. The molecule has 2 nitrogen and oxygen atoms in total. The molecule has 0 aliphatic carbocycles. The molecular weight excluding hydrogens is 272 g/mol. The summed E-state index contributed by atoms with van der Waals surface area (Å²) < 4.78 is 6.02. The van der Waals surface area contributed by atoms with Crippen LogP contribution in [-0.4, -0.2) is 5.11 Å². The average molecular weight is 289 g/mol. The van der Waals surface area contributed by atoms with E-state index in [2.05, 4.69) is 0 Å². The fourth-order valence-corrected chi connectivity index (χ4v) is 2.77. The van der Waals surface area contributed by atoms with E-state index in [-0.39, 0.29) is 6.10 Å². The standard InChI is InChI=1S/C17H17ClO2/c1-10-3-6-16-13(7-10)15(19)9-17(20-16)12-5-4-11(2)14(18)8-12/h3-8,15,17,19H,9H2,1-2H3/t15-,17?/m0/s1. The van der Waals surface area contributed by atoms with Crippen LogP contribution in [-0.2, 0) is 0 Å². The van der Waals surface area contributed by atoms with E-state index in [1.165, 1.54) is 0 Å². The Hall–Kier alpha value is -1.51. The van der Waals surface area contributed by atoms with Gasteiger partial charge in [-0.15, -0.1) is 0 Å². The molecule has 1 aliphatic heterocycles. The number of aryl methyl sites for hydroxylation is 2. The van der Waals surface area contributed by atoms with Gasteiger partial charge in [-0.2, -0.15) is 0 Å². The summed E-state index contributed by atoms with van der Waals surface area (Å²) in [6, 6.07) is 11.8. The third-order valence-corrected chi connectivity index (χ3v) is 4.21. The van der Waals surface area contributed by atoms with Gasteiger partial charge in [0.15, 0.2) is 0 Å². The van der Waals surface area contributed by atoms with Gasteiger partial charge >= 0.3 is 0 Å². The van der Waals surface area contributed by atoms with E-state index < -0.39 is 6.10 Å². The van der Waals surface area contributed by atoms with Crippen LogP contribution in [0.5, 0.6) is 5.75 Å². The molecule has 0 bridgehead atoms. The van der Waals surface area contributed by atoms with Crippen LogP contribution in [0.3, 0.4) is 0 Å². The normalized spacial score (nSPS) is 21.2. The first-order valence-electron chi connectivity index (χ1n) is 6.76. The lowest BCUT2D eigenvalue weighted by molar-refractivity contribution is 0.0657. The van der Waals surface area contributed by atoms with Crippen molar-refractivity contribution < 1.29 is 9.84 Å². The number of hydrogen-bond acceptors (Lipinski definition) is 2. The van der Waals surface area contributed by atoms with Crippen LogP contribution in [0.4, 0.5) is 0 Å². The Kier molecular flexibility index (Phi) is 3.45. The number of benzene rings is 2. The molecule has 2 aromatic carbocycles. The van der Waals surface area contributed by atoms with Gasteiger partial charge in [-0.05, 0) is 43.2 Å². The third kappa shape index (κ3) is 2.41. The van der Waals surface area contributed by atoms with E-state index >= 15 is 0 Å². The predicted molar refractivity (Wildman–Crippen MR) is 80.3 cm³/mol. The van der Waals surface area contributed by atoms with Crippen molar-refractivity contribution in [1.82, 2.24) is 0 Å². The van der Waals surface area contributed by atoms with E-state index in [0.717, 1.165) is 33.0 Å². The lowest BCUT2D eigenvalue weighted by atomic mass is 9.94. The maximum Gasteiger partial charge on any atom is 0.127 e. The molecule has 0 aromatic heterocycles. The van der Waals surface area contributed by atoms with Gasteiger partial charge in [-0.3, -0.25) is 0 Å². The van der Waals surface area contributed by atoms with Crippen molar-refractivity contribution in [2.75, 3.05) is 0 Å². The SMILES string of the molecule is Cc1ccc2c(c1)[C@@H](O)CC(c1ccc(C)c(Cl)c1)O2. The molecule has 20 heavy (non-hydrogen) atoms. The highest BCUT2D eigenvalue weighted by molar-refractivity contribution is 6.31. The van der Waals surface area contributed by atoms with E-state index in [0.29, 0.717) is 6.42 Å². The van der Waals surface area contributed by atoms with Crippen LogP contribution in [0.1, 0.15) is 40.9 Å². The minimum absolute atomic E-state index is 0.154. The van der Waals surface area contributed by atoms with Crippen LogP contribution in [0.15, 0.2) is 36.4 Å². The number of hydrogen-bond donors (Lipinski definition) is 1. The number of aliphatic hydroxyl groups is 1. The summed E-state index contributed by atoms with van der Waals surface area (Å²) in [6.45, 7) is 3.99. The Morgan fingerprint density at radius 1 is 1.15 bits per heavy atom. The zero-order chi connectivity index (χ0) is 14.3. The molecule has 0 amide bonds. The van der Waals surface area contributed by atoms with Gasteiger partial charge in [0.2, 0.25) is 0 Å². The zero-order valence-corrected chi connectivity index (χ0v) is 12.3. The fraction of sp³-hybridized carbons (Fsp3) is 0.294. The Morgan fingerprint density at radius 3 is 2.70 bits per heavy atom. The molecule has 1 N–H and O–H groups in total. The quantitative estimate of drug-likeness (QED) is 0.836. The van der Waals surface area contributed by atoms with Crippen molar-refractivity contribution in [2.24, 2.45) is 0 Å². The van der Waals surface area contributed by atoms with Gasteiger partial charge in [0.05, 0.1) is 6.10 Å². The molecule has 0 saturated heterocycles. The van der Waals surface area contributed by atoms with Gasteiger partial charge in [-0.25, -0.2) is 0 Å². The van der Waals surface area contributed by atoms with Gasteiger partial charge in [0.1, 0.15) is 11.9 Å². The molecule has 1 aliphatic rings. The number of fused-ring (bicyclic) bond motifs is 1. The molecule has 2 atom stereocenters. The lowest BCUT2D eigenvalue weighted by Gasteiger charge is -2.30. The Morgan fingerprint density at radius 2 is 1.95 bits per heavy atom. The molecule has 0 saturated carbocycles. The maximum absolute atomic E-state index is 10.3. The number of rotatable bonds is 1. The topological polar surface area (TPSA) is 29.5 Å². The van der Waals surface area contributed by atoms with Crippen molar-refractivity contribution in [3.05, 3.63) is 63.7 Å². The first-order valence-corrected chi connectivity index (χ1v) is 7.13. The average Bonchev–Trinajstić information content (AvgIpc) is 2.42. The Labute approximate surface area is 124 Å². The van der Waals surface area contributed by atoms with E-state index in [1.54, 1.807) is 0 Å². The summed E-state index contributed by atoms with van der Waals surface area (Å²) in [4.78, 5) is 0. The third-order valence-electron chi connectivity index (χ3n) is 3.80. The van der Waals surface area contributed by atoms with Crippen molar-refractivity contribution in [3.8, 4) is 5.75 Å². The monoisotopic (exact) mass is 288 g/mol. The summed E-state index contributed by atoms with van der Waals surface area (Å²) in [6.07, 6.45) is -0.0995. The Bertz CT molecular complexity index is 651. The van der Waals surface area contributed by atoms with Gasteiger partial charge in [0.25, 0.3) is 0 Å². The summed E-state index contributed by atoms with van der Waals surface area (Å²) in [7, 11) is 0. The van der Waals surface area contributed by atoms with Crippen molar-refractivity contribution >= 4 is 11.6 Å². The second-order valence-corrected chi connectivity index (χ2v) is 5.82. The molecule has 1 unspecified atom stereocenters. The van der Waals surface area contributed by atoms with Gasteiger partial charge < -0.3 is 9.84 Å². The highest BCUT2D eigenvalue weighted by Gasteiger charge is 2.28. The molecule has 1 heterocycles. The molecular formula is C17H17ClO2. The largest absolute Gasteiger partial charge is 0.485 e. The van der Waals surface area contributed by atoms with E-state index in [4.69, 9.17) is 16.3 Å².